The summed E-state index contributed by atoms with van der Waals surface area (Å²) in [7, 11) is 0. The Kier molecular flexibility index (Phi) is 8.72. The number of unbranched alkanes of at least 4 members (excludes halogenated alkanes) is 3. The van der Waals surface area contributed by atoms with Crippen molar-refractivity contribution in [1.29, 1.82) is 0 Å². The first-order valence-corrected chi connectivity index (χ1v) is 18.0. The van der Waals surface area contributed by atoms with Crippen molar-refractivity contribution in [1.82, 2.24) is 0 Å². The summed E-state index contributed by atoms with van der Waals surface area (Å²) in [4.78, 5) is 13.0. The molecule has 1 aromatic carbocycles. The van der Waals surface area contributed by atoms with Crippen LogP contribution in [0.1, 0.15) is 70.4 Å². The molecule has 0 aliphatic carbocycles. The van der Waals surface area contributed by atoms with E-state index in [1.165, 1.54) is 72.1 Å². The van der Waals surface area contributed by atoms with Crippen molar-refractivity contribution in [2.24, 2.45) is 0 Å². The fraction of sp³-hybridized carbons (Fsp3) is 0.609. The Hall–Kier alpha value is -0.771. The van der Waals surface area contributed by atoms with Gasteiger partial charge in [0.1, 0.15) is 0 Å². The average molecular weight is 463 g/mol. The standard InChI is InChI=1S/C11H9O2.3C4H9.Sn/c1-8-4-2-3-5-10(8)9-6-11(12)13-7-9;3*1-3-4-2;/h2-5H,7H2,1H3;3*1,3-4H2,2H3;. The maximum absolute atomic E-state index is 13.0. The zero-order valence-electron chi connectivity index (χ0n) is 17.2. The number of hydrogen-bond donors (Lipinski definition) is 0. The summed E-state index contributed by atoms with van der Waals surface area (Å²) in [6, 6.07) is 8.52. The van der Waals surface area contributed by atoms with E-state index in [-0.39, 0.29) is 5.97 Å². The van der Waals surface area contributed by atoms with Crippen molar-refractivity contribution in [2.75, 3.05) is 6.61 Å². The number of carbonyl (C=O) groups excluding carboxylic acids is 1. The molecule has 3 heteroatoms. The van der Waals surface area contributed by atoms with Gasteiger partial charge in [-0.3, -0.25) is 0 Å². The predicted octanol–water partition coefficient (Wildman–Crippen LogP) is 6.69. The van der Waals surface area contributed by atoms with Gasteiger partial charge in [0, 0.05) is 0 Å². The summed E-state index contributed by atoms with van der Waals surface area (Å²) >= 11 is -2.79. The molecule has 0 saturated heterocycles. The molecule has 0 unspecified atom stereocenters. The number of esters is 1. The summed E-state index contributed by atoms with van der Waals surface area (Å²) in [5.74, 6) is 0.0300. The summed E-state index contributed by atoms with van der Waals surface area (Å²) in [6.45, 7) is 9.48. The molecule has 1 aliphatic heterocycles. The Morgan fingerprint density at radius 1 is 0.923 bits per heavy atom. The third kappa shape index (κ3) is 4.93. The molecule has 0 N–H and O–H groups in total. The molecule has 0 spiro atoms. The molecular formula is C23H36O2Sn. The molecule has 1 heterocycles. The van der Waals surface area contributed by atoms with Gasteiger partial charge in [0.15, 0.2) is 0 Å². The van der Waals surface area contributed by atoms with Crippen LogP contribution in [0.4, 0.5) is 0 Å². The number of benzene rings is 1. The second-order valence-electron chi connectivity index (χ2n) is 7.84. The van der Waals surface area contributed by atoms with Crippen LogP contribution in [0.25, 0.3) is 5.57 Å². The molecule has 0 saturated carbocycles. The monoisotopic (exact) mass is 464 g/mol. The van der Waals surface area contributed by atoms with Crippen LogP contribution < -0.4 is 0 Å². The van der Waals surface area contributed by atoms with Crippen LogP contribution in [-0.4, -0.2) is 31.0 Å². The first-order valence-electron chi connectivity index (χ1n) is 10.6. The number of ether oxygens (including phenoxy) is 1. The fourth-order valence-electron chi connectivity index (χ4n) is 4.36. The Bertz CT molecular complexity index is 611. The molecule has 0 fully saturated rings. The fourth-order valence-corrected chi connectivity index (χ4v) is 21.3. The molecule has 2 nitrogen and oxygen atoms in total. The predicted molar refractivity (Wildman–Crippen MR) is 114 cm³/mol. The number of aryl methyl sites for hydroxylation is 1. The number of rotatable bonds is 11. The zero-order chi connectivity index (χ0) is 19.0. The number of cyclic esters (lactones) is 1. The van der Waals surface area contributed by atoms with Crippen molar-refractivity contribution in [3.63, 3.8) is 0 Å². The van der Waals surface area contributed by atoms with Crippen LogP contribution in [0.3, 0.4) is 0 Å². The van der Waals surface area contributed by atoms with Crippen molar-refractivity contribution >= 4 is 29.9 Å². The molecule has 144 valence electrons. The minimum atomic E-state index is -2.79. The molecule has 0 radical (unpaired) electrons. The van der Waals surface area contributed by atoms with Crippen molar-refractivity contribution in [3.05, 3.63) is 39.0 Å². The van der Waals surface area contributed by atoms with Gasteiger partial charge in [0.05, 0.1) is 0 Å². The third-order valence-electron chi connectivity index (χ3n) is 5.88. The van der Waals surface area contributed by atoms with E-state index in [9.17, 15) is 4.79 Å². The summed E-state index contributed by atoms with van der Waals surface area (Å²) in [5, 5.41) is 0. The van der Waals surface area contributed by atoms with Crippen LogP contribution in [0.15, 0.2) is 27.9 Å². The van der Waals surface area contributed by atoms with Crippen molar-refractivity contribution in [2.45, 2.75) is 79.5 Å². The molecule has 0 aromatic heterocycles. The minimum absolute atomic E-state index is 0.0300. The van der Waals surface area contributed by atoms with Crippen LogP contribution in [-0.2, 0) is 9.53 Å². The second-order valence-corrected chi connectivity index (χ2v) is 20.9. The molecule has 0 atom stereocenters. The molecule has 26 heavy (non-hydrogen) atoms. The normalized spacial score (nSPS) is 14.8. The van der Waals surface area contributed by atoms with E-state index in [4.69, 9.17) is 4.74 Å². The first-order chi connectivity index (χ1) is 12.6. The van der Waals surface area contributed by atoms with Gasteiger partial charge in [-0.2, -0.15) is 0 Å². The number of hydrogen-bond acceptors (Lipinski definition) is 2. The van der Waals surface area contributed by atoms with Gasteiger partial charge < -0.3 is 0 Å². The van der Waals surface area contributed by atoms with Crippen LogP contribution in [0, 0.1) is 6.92 Å². The topological polar surface area (TPSA) is 26.3 Å². The molecular weight excluding hydrogens is 427 g/mol. The van der Waals surface area contributed by atoms with Gasteiger partial charge in [-0.05, 0) is 0 Å². The first kappa shape index (κ1) is 21.5. The van der Waals surface area contributed by atoms with E-state index >= 15 is 0 Å². The molecule has 0 bridgehead atoms. The Morgan fingerprint density at radius 3 is 1.96 bits per heavy atom. The Balaban J connectivity index is 2.57. The Labute approximate surface area is 164 Å². The van der Waals surface area contributed by atoms with Gasteiger partial charge in [0.2, 0.25) is 0 Å². The quantitative estimate of drug-likeness (QED) is 0.270. The molecule has 1 aliphatic rings. The van der Waals surface area contributed by atoms with Gasteiger partial charge in [-0.1, -0.05) is 0 Å². The number of carbonyl (C=O) groups is 1. The van der Waals surface area contributed by atoms with Gasteiger partial charge in [0.25, 0.3) is 0 Å². The van der Waals surface area contributed by atoms with Gasteiger partial charge in [-0.25, -0.2) is 0 Å². The van der Waals surface area contributed by atoms with E-state index in [1.807, 2.05) is 0 Å². The maximum atomic E-state index is 13.0. The van der Waals surface area contributed by atoms with E-state index in [0.29, 0.717) is 6.61 Å². The van der Waals surface area contributed by atoms with Crippen molar-refractivity contribution in [3.8, 4) is 0 Å². The average Bonchev–Trinajstić information content (AvgIpc) is 3.04. The zero-order valence-corrected chi connectivity index (χ0v) is 20.1. The molecule has 2 rings (SSSR count). The van der Waals surface area contributed by atoms with Crippen molar-refractivity contribution < 1.29 is 9.53 Å². The summed E-state index contributed by atoms with van der Waals surface area (Å²) in [5.41, 5.74) is 3.76. The SMILES string of the molecule is CCC[CH2][Sn]([CH2]CCC)([CH2]CCC)[C]1=C(c2ccccc2C)COC1=O. The van der Waals surface area contributed by atoms with Gasteiger partial charge in [-0.15, -0.1) is 0 Å². The second kappa shape index (κ2) is 10.5. The van der Waals surface area contributed by atoms with Gasteiger partial charge >= 0.3 is 165 Å². The summed E-state index contributed by atoms with van der Waals surface area (Å²) in [6.07, 6.45) is 7.46. The van der Waals surface area contributed by atoms with Crippen LogP contribution in [0.5, 0.6) is 0 Å². The van der Waals surface area contributed by atoms with E-state index in [2.05, 4.69) is 52.0 Å². The molecule has 0 amide bonds. The van der Waals surface area contributed by atoms with E-state index in [1.54, 1.807) is 0 Å². The third-order valence-corrected chi connectivity index (χ3v) is 21.6. The van der Waals surface area contributed by atoms with E-state index in [0.717, 1.165) is 0 Å². The molecule has 1 aromatic rings. The summed E-state index contributed by atoms with van der Waals surface area (Å²) < 4.78 is 10.8. The Morgan fingerprint density at radius 2 is 1.46 bits per heavy atom. The van der Waals surface area contributed by atoms with Crippen LogP contribution >= 0.6 is 0 Å². The van der Waals surface area contributed by atoms with Crippen LogP contribution in [0.2, 0.25) is 13.3 Å². The van der Waals surface area contributed by atoms with E-state index < -0.39 is 18.4 Å².